The molecule has 172 valence electrons. The number of ether oxygens (including phenoxy) is 1. The highest BCUT2D eigenvalue weighted by Gasteiger charge is 2.18. The summed E-state index contributed by atoms with van der Waals surface area (Å²) in [5.74, 6) is 0. The molecule has 1 amide bonds. The number of hydrogen-bond acceptors (Lipinski definition) is 3. The lowest BCUT2D eigenvalue weighted by Gasteiger charge is -2.29. The summed E-state index contributed by atoms with van der Waals surface area (Å²) in [6.45, 7) is 8.72. The van der Waals surface area contributed by atoms with Crippen molar-refractivity contribution in [2.75, 3.05) is 24.5 Å². The number of anilines is 1. The summed E-state index contributed by atoms with van der Waals surface area (Å²) in [6, 6.07) is 6.78. The second-order valence-corrected chi connectivity index (χ2v) is 9.93. The standard InChI is InChI=1S/C26H41N3O2/c1-26(2,3)31-25(30)27-17-10-7-5-6-9-14-21-20-28(4)22-15-13-16-23(24(21)22)29-18-11-8-12-19-29/h13,15-16,20H,5-12,14,17-19H2,1-4H3,(H,27,30). The third-order valence-electron chi connectivity index (χ3n) is 6.06. The van der Waals surface area contributed by atoms with E-state index in [1.165, 1.54) is 73.8 Å². The van der Waals surface area contributed by atoms with Gasteiger partial charge >= 0.3 is 6.09 Å². The van der Waals surface area contributed by atoms with E-state index in [0.29, 0.717) is 6.54 Å². The smallest absolute Gasteiger partial charge is 0.407 e. The number of hydrogen-bond donors (Lipinski definition) is 1. The van der Waals surface area contributed by atoms with Crippen LogP contribution in [-0.2, 0) is 18.2 Å². The quantitative estimate of drug-likeness (QED) is 0.486. The van der Waals surface area contributed by atoms with E-state index in [0.717, 1.165) is 19.3 Å². The second kappa shape index (κ2) is 10.9. The van der Waals surface area contributed by atoms with Crippen LogP contribution in [0.4, 0.5) is 10.5 Å². The van der Waals surface area contributed by atoms with Gasteiger partial charge in [0.15, 0.2) is 0 Å². The Kier molecular flexibility index (Phi) is 8.28. The van der Waals surface area contributed by atoms with E-state index in [1.807, 2.05) is 20.8 Å². The number of fused-ring (bicyclic) bond motifs is 1. The van der Waals surface area contributed by atoms with Gasteiger partial charge in [-0.3, -0.25) is 0 Å². The first-order valence-electron chi connectivity index (χ1n) is 12.1. The highest BCUT2D eigenvalue weighted by atomic mass is 16.6. The van der Waals surface area contributed by atoms with E-state index >= 15 is 0 Å². The number of rotatable bonds is 9. The Hall–Kier alpha value is -2.17. The van der Waals surface area contributed by atoms with Crippen molar-refractivity contribution in [1.82, 2.24) is 9.88 Å². The molecular formula is C26H41N3O2. The largest absolute Gasteiger partial charge is 0.444 e. The molecule has 2 heterocycles. The van der Waals surface area contributed by atoms with Crippen LogP contribution in [0, 0.1) is 0 Å². The van der Waals surface area contributed by atoms with E-state index in [9.17, 15) is 4.79 Å². The van der Waals surface area contributed by atoms with Crippen LogP contribution in [-0.4, -0.2) is 35.9 Å². The fraction of sp³-hybridized carbons (Fsp3) is 0.654. The lowest BCUT2D eigenvalue weighted by atomic mass is 10.0. The molecule has 0 unspecified atom stereocenters. The SMILES string of the molecule is Cn1cc(CCCCCCCNC(=O)OC(C)(C)C)c2c(N3CCCCC3)cccc21. The van der Waals surface area contributed by atoms with Crippen LogP contribution in [0.25, 0.3) is 10.9 Å². The molecule has 1 saturated heterocycles. The van der Waals surface area contributed by atoms with Gasteiger partial charge in [-0.1, -0.05) is 25.3 Å². The molecule has 1 fully saturated rings. The number of nitrogens with zero attached hydrogens (tertiary/aromatic N) is 2. The van der Waals surface area contributed by atoms with E-state index in [4.69, 9.17) is 4.74 Å². The van der Waals surface area contributed by atoms with Crippen molar-refractivity contribution in [2.45, 2.75) is 84.2 Å². The fourth-order valence-electron chi connectivity index (χ4n) is 4.58. The van der Waals surface area contributed by atoms with Crippen molar-refractivity contribution in [3.05, 3.63) is 30.0 Å². The Morgan fingerprint density at radius 1 is 1.03 bits per heavy atom. The number of piperidine rings is 1. The Labute approximate surface area is 188 Å². The third kappa shape index (κ3) is 6.91. The molecule has 0 atom stereocenters. The van der Waals surface area contributed by atoms with E-state index in [-0.39, 0.29) is 6.09 Å². The summed E-state index contributed by atoms with van der Waals surface area (Å²) in [4.78, 5) is 14.3. The fourth-order valence-corrected chi connectivity index (χ4v) is 4.58. The van der Waals surface area contributed by atoms with Crippen LogP contribution in [0.5, 0.6) is 0 Å². The van der Waals surface area contributed by atoms with Crippen molar-refractivity contribution >= 4 is 22.7 Å². The zero-order valence-corrected chi connectivity index (χ0v) is 20.0. The third-order valence-corrected chi connectivity index (χ3v) is 6.06. The highest BCUT2D eigenvalue weighted by Crippen LogP contribution is 2.33. The minimum absolute atomic E-state index is 0.312. The van der Waals surface area contributed by atoms with E-state index in [1.54, 1.807) is 0 Å². The monoisotopic (exact) mass is 427 g/mol. The molecule has 1 aromatic carbocycles. The van der Waals surface area contributed by atoms with Crippen molar-refractivity contribution in [3.8, 4) is 0 Å². The van der Waals surface area contributed by atoms with Gasteiger partial charge in [0, 0.05) is 44.0 Å². The maximum absolute atomic E-state index is 11.7. The number of carbonyl (C=O) groups excluding carboxylic acids is 1. The molecule has 0 bridgehead atoms. The first-order chi connectivity index (χ1) is 14.8. The predicted molar refractivity (Wildman–Crippen MR) is 130 cm³/mol. The number of aryl methyl sites for hydroxylation is 2. The summed E-state index contributed by atoms with van der Waals surface area (Å²) >= 11 is 0. The van der Waals surface area contributed by atoms with E-state index in [2.05, 4.69) is 46.2 Å². The maximum Gasteiger partial charge on any atom is 0.407 e. The number of benzene rings is 1. The van der Waals surface area contributed by atoms with Gasteiger partial charge in [-0.15, -0.1) is 0 Å². The minimum atomic E-state index is -0.431. The highest BCUT2D eigenvalue weighted by molar-refractivity contribution is 5.96. The van der Waals surface area contributed by atoms with Gasteiger partial charge < -0.3 is 19.5 Å². The van der Waals surface area contributed by atoms with Crippen LogP contribution in [0.15, 0.2) is 24.4 Å². The number of aromatic nitrogens is 1. The predicted octanol–water partition coefficient (Wildman–Crippen LogP) is 6.19. The van der Waals surface area contributed by atoms with Crippen LogP contribution in [0.1, 0.15) is 77.7 Å². The topological polar surface area (TPSA) is 46.5 Å². The summed E-state index contributed by atoms with van der Waals surface area (Å²) in [6.07, 6.45) is 12.9. The molecule has 3 rings (SSSR count). The number of amides is 1. The molecule has 1 aromatic heterocycles. The molecule has 1 aliphatic heterocycles. The molecule has 1 aliphatic rings. The molecule has 1 N–H and O–H groups in total. The molecular weight excluding hydrogens is 386 g/mol. The average molecular weight is 428 g/mol. The Morgan fingerprint density at radius 3 is 2.48 bits per heavy atom. The second-order valence-electron chi connectivity index (χ2n) is 9.93. The van der Waals surface area contributed by atoms with Gasteiger partial charge in [0.25, 0.3) is 0 Å². The van der Waals surface area contributed by atoms with Crippen LogP contribution in [0.2, 0.25) is 0 Å². The van der Waals surface area contributed by atoms with Gasteiger partial charge in [0.1, 0.15) is 5.60 Å². The van der Waals surface area contributed by atoms with Gasteiger partial charge in [-0.2, -0.15) is 0 Å². The molecule has 5 nitrogen and oxygen atoms in total. The van der Waals surface area contributed by atoms with Gasteiger partial charge in [0.05, 0.1) is 5.52 Å². The summed E-state index contributed by atoms with van der Waals surface area (Å²) < 4.78 is 7.56. The average Bonchev–Trinajstić information content (AvgIpc) is 3.05. The summed E-state index contributed by atoms with van der Waals surface area (Å²) in [5.41, 5.74) is 3.84. The molecule has 0 radical (unpaired) electrons. The zero-order valence-electron chi connectivity index (χ0n) is 20.0. The number of nitrogens with one attached hydrogen (secondary N) is 1. The van der Waals surface area contributed by atoms with Crippen molar-refractivity contribution < 1.29 is 9.53 Å². The van der Waals surface area contributed by atoms with E-state index < -0.39 is 5.60 Å². The molecule has 2 aromatic rings. The first kappa shape index (κ1) is 23.5. The molecule has 0 saturated carbocycles. The van der Waals surface area contributed by atoms with Crippen molar-refractivity contribution in [3.63, 3.8) is 0 Å². The Morgan fingerprint density at radius 2 is 1.74 bits per heavy atom. The summed E-state index contributed by atoms with van der Waals surface area (Å²) in [7, 11) is 2.17. The molecule has 5 heteroatoms. The van der Waals surface area contributed by atoms with Gasteiger partial charge in [-0.25, -0.2) is 4.79 Å². The minimum Gasteiger partial charge on any atom is -0.444 e. The zero-order chi connectivity index (χ0) is 22.3. The van der Waals surface area contributed by atoms with Crippen LogP contribution in [0.3, 0.4) is 0 Å². The van der Waals surface area contributed by atoms with Crippen molar-refractivity contribution in [1.29, 1.82) is 0 Å². The van der Waals surface area contributed by atoms with Crippen molar-refractivity contribution in [2.24, 2.45) is 7.05 Å². The summed E-state index contributed by atoms with van der Waals surface area (Å²) in [5, 5.41) is 4.31. The first-order valence-corrected chi connectivity index (χ1v) is 12.1. The number of unbranched alkanes of at least 4 members (excludes halogenated alkanes) is 4. The van der Waals surface area contributed by atoms with Crippen LogP contribution >= 0.6 is 0 Å². The number of carbonyl (C=O) groups is 1. The molecule has 31 heavy (non-hydrogen) atoms. The lowest BCUT2D eigenvalue weighted by molar-refractivity contribution is 0.0527. The Balaban J connectivity index is 1.44. The van der Waals surface area contributed by atoms with Gasteiger partial charge in [-0.05, 0) is 77.0 Å². The molecule has 0 aliphatic carbocycles. The maximum atomic E-state index is 11.7. The lowest BCUT2D eigenvalue weighted by Crippen LogP contribution is -2.32. The number of alkyl carbamates (subject to hydrolysis) is 1. The van der Waals surface area contributed by atoms with Crippen LogP contribution < -0.4 is 10.2 Å². The Bertz CT molecular complexity index is 844. The van der Waals surface area contributed by atoms with Gasteiger partial charge in [0.2, 0.25) is 0 Å². The molecule has 0 spiro atoms. The normalized spacial score (nSPS) is 14.8.